The summed E-state index contributed by atoms with van der Waals surface area (Å²) in [7, 11) is 0. The van der Waals surface area contributed by atoms with Crippen molar-refractivity contribution in [2.24, 2.45) is 0 Å². The lowest BCUT2D eigenvalue weighted by atomic mass is 9.90. The Morgan fingerprint density at radius 2 is 2.14 bits per heavy atom. The first-order valence-corrected chi connectivity index (χ1v) is 8.76. The van der Waals surface area contributed by atoms with Crippen molar-refractivity contribution in [1.29, 1.82) is 0 Å². The Bertz CT molecular complexity index is 408. The fourth-order valence-electron chi connectivity index (χ4n) is 4.23. The number of rotatable bonds is 6. The van der Waals surface area contributed by atoms with Gasteiger partial charge in [0.05, 0.1) is 6.33 Å². The summed E-state index contributed by atoms with van der Waals surface area (Å²) in [5.41, 5.74) is 0.471. The molecule has 1 saturated heterocycles. The van der Waals surface area contributed by atoms with Gasteiger partial charge in [-0.2, -0.15) is 0 Å². The molecule has 2 aliphatic rings. The molecule has 0 bridgehead atoms. The van der Waals surface area contributed by atoms with Crippen molar-refractivity contribution in [2.45, 2.75) is 70.0 Å². The standard InChI is InChI=1S/C17H30N4/c1-2-6-16-13-21(11-5-10-20-12-9-18-15-20)17(14-19-16)7-3-4-8-17/h9,12,15-16,19H,2-8,10-11,13-14H2,1H3. The summed E-state index contributed by atoms with van der Waals surface area (Å²) in [6, 6.07) is 0.703. The zero-order valence-corrected chi connectivity index (χ0v) is 13.4. The van der Waals surface area contributed by atoms with Gasteiger partial charge in [-0.25, -0.2) is 4.98 Å². The topological polar surface area (TPSA) is 33.1 Å². The normalized spacial score (nSPS) is 25.7. The predicted molar refractivity (Wildman–Crippen MR) is 86.3 cm³/mol. The Morgan fingerprint density at radius 3 is 2.86 bits per heavy atom. The number of imidazole rings is 1. The minimum absolute atomic E-state index is 0.471. The number of aromatic nitrogens is 2. The Balaban J connectivity index is 1.57. The Hall–Kier alpha value is -0.870. The van der Waals surface area contributed by atoms with E-state index in [9.17, 15) is 0 Å². The van der Waals surface area contributed by atoms with E-state index in [1.807, 2.05) is 12.5 Å². The number of nitrogens with zero attached hydrogens (tertiary/aromatic N) is 3. The maximum Gasteiger partial charge on any atom is 0.0945 e. The first-order chi connectivity index (χ1) is 10.3. The molecule has 2 fully saturated rings. The lowest BCUT2D eigenvalue weighted by molar-refractivity contribution is 0.0391. The van der Waals surface area contributed by atoms with Gasteiger partial charge in [-0.3, -0.25) is 4.90 Å². The van der Waals surface area contributed by atoms with Crippen LogP contribution in [0.3, 0.4) is 0 Å². The van der Waals surface area contributed by atoms with E-state index in [4.69, 9.17) is 0 Å². The Labute approximate surface area is 128 Å². The van der Waals surface area contributed by atoms with Crippen LogP contribution < -0.4 is 5.32 Å². The van der Waals surface area contributed by atoms with Crippen molar-refractivity contribution in [3.63, 3.8) is 0 Å². The van der Waals surface area contributed by atoms with Gasteiger partial charge in [0, 0.05) is 50.2 Å². The van der Waals surface area contributed by atoms with Crippen LogP contribution in [0.1, 0.15) is 51.9 Å². The molecule has 118 valence electrons. The molecule has 0 radical (unpaired) electrons. The Kier molecular flexibility index (Phi) is 4.96. The summed E-state index contributed by atoms with van der Waals surface area (Å²) in [6.07, 6.45) is 15.3. The fourth-order valence-corrected chi connectivity index (χ4v) is 4.23. The summed E-state index contributed by atoms with van der Waals surface area (Å²) < 4.78 is 2.20. The quantitative estimate of drug-likeness (QED) is 0.874. The van der Waals surface area contributed by atoms with E-state index in [0.717, 1.165) is 6.54 Å². The van der Waals surface area contributed by atoms with Crippen LogP contribution in [-0.4, -0.2) is 45.7 Å². The van der Waals surface area contributed by atoms with Gasteiger partial charge < -0.3 is 9.88 Å². The Morgan fingerprint density at radius 1 is 1.29 bits per heavy atom. The summed E-state index contributed by atoms with van der Waals surface area (Å²) in [5.74, 6) is 0. The van der Waals surface area contributed by atoms with Crippen molar-refractivity contribution >= 4 is 0 Å². The maximum atomic E-state index is 4.13. The van der Waals surface area contributed by atoms with Gasteiger partial charge in [0.2, 0.25) is 0 Å². The van der Waals surface area contributed by atoms with Crippen molar-refractivity contribution in [1.82, 2.24) is 19.8 Å². The number of nitrogens with one attached hydrogen (secondary N) is 1. The van der Waals surface area contributed by atoms with Crippen molar-refractivity contribution in [2.75, 3.05) is 19.6 Å². The lowest BCUT2D eigenvalue weighted by Crippen LogP contribution is -2.63. The fraction of sp³-hybridized carbons (Fsp3) is 0.824. The molecule has 0 amide bonds. The van der Waals surface area contributed by atoms with Crippen LogP contribution in [0.5, 0.6) is 0 Å². The minimum Gasteiger partial charge on any atom is -0.337 e. The lowest BCUT2D eigenvalue weighted by Gasteiger charge is -2.48. The van der Waals surface area contributed by atoms with E-state index in [1.165, 1.54) is 64.6 Å². The second kappa shape index (κ2) is 6.93. The van der Waals surface area contributed by atoms with Crippen LogP contribution in [0.4, 0.5) is 0 Å². The predicted octanol–water partition coefficient (Wildman–Crippen LogP) is 2.66. The molecule has 2 heterocycles. The van der Waals surface area contributed by atoms with Gasteiger partial charge in [0.15, 0.2) is 0 Å². The summed E-state index contributed by atoms with van der Waals surface area (Å²) in [6.45, 7) is 7.09. The molecule has 1 aliphatic carbocycles. The third kappa shape index (κ3) is 3.49. The molecule has 1 unspecified atom stereocenters. The van der Waals surface area contributed by atoms with Crippen LogP contribution in [0.25, 0.3) is 0 Å². The number of hydrogen-bond donors (Lipinski definition) is 1. The second-order valence-electron chi connectivity index (χ2n) is 6.90. The number of hydrogen-bond acceptors (Lipinski definition) is 3. The van der Waals surface area contributed by atoms with E-state index in [1.54, 1.807) is 0 Å². The smallest absolute Gasteiger partial charge is 0.0945 e. The SMILES string of the molecule is CCCC1CN(CCCn2ccnc2)C2(CCCC2)CN1. The van der Waals surface area contributed by atoms with E-state index >= 15 is 0 Å². The summed E-state index contributed by atoms with van der Waals surface area (Å²) in [5, 5.41) is 3.83. The zero-order valence-electron chi connectivity index (χ0n) is 13.4. The highest BCUT2D eigenvalue weighted by Gasteiger charge is 2.42. The highest BCUT2D eigenvalue weighted by molar-refractivity contribution is 5.01. The van der Waals surface area contributed by atoms with Crippen LogP contribution in [0, 0.1) is 0 Å². The molecule has 1 saturated carbocycles. The highest BCUT2D eigenvalue weighted by Crippen LogP contribution is 2.37. The van der Waals surface area contributed by atoms with Crippen molar-refractivity contribution < 1.29 is 0 Å². The van der Waals surface area contributed by atoms with Crippen molar-refractivity contribution in [3.05, 3.63) is 18.7 Å². The first kappa shape index (κ1) is 15.0. The monoisotopic (exact) mass is 290 g/mol. The first-order valence-electron chi connectivity index (χ1n) is 8.76. The number of aryl methyl sites for hydroxylation is 1. The van der Waals surface area contributed by atoms with E-state index in [0.29, 0.717) is 11.6 Å². The molecule has 4 heteroatoms. The molecule has 1 spiro atoms. The second-order valence-corrected chi connectivity index (χ2v) is 6.90. The molecular formula is C17H30N4. The number of piperazine rings is 1. The van der Waals surface area contributed by atoms with Gasteiger partial charge in [-0.15, -0.1) is 0 Å². The maximum absolute atomic E-state index is 4.13. The third-order valence-electron chi connectivity index (χ3n) is 5.41. The molecule has 1 aromatic heterocycles. The van der Waals surface area contributed by atoms with Crippen LogP contribution in [-0.2, 0) is 6.54 Å². The van der Waals surface area contributed by atoms with Gasteiger partial charge in [0.1, 0.15) is 0 Å². The average Bonchev–Trinajstić information content (AvgIpc) is 3.15. The van der Waals surface area contributed by atoms with E-state index < -0.39 is 0 Å². The zero-order chi connectivity index (χ0) is 14.5. The van der Waals surface area contributed by atoms with Gasteiger partial charge in [0.25, 0.3) is 0 Å². The van der Waals surface area contributed by atoms with Crippen LogP contribution in [0.2, 0.25) is 0 Å². The van der Waals surface area contributed by atoms with Gasteiger partial charge >= 0.3 is 0 Å². The summed E-state index contributed by atoms with van der Waals surface area (Å²) in [4.78, 5) is 6.96. The average molecular weight is 290 g/mol. The van der Waals surface area contributed by atoms with E-state index in [-0.39, 0.29) is 0 Å². The molecule has 1 aromatic rings. The van der Waals surface area contributed by atoms with Gasteiger partial charge in [-0.1, -0.05) is 26.2 Å². The van der Waals surface area contributed by atoms with Crippen LogP contribution in [0.15, 0.2) is 18.7 Å². The molecule has 1 atom stereocenters. The molecular weight excluding hydrogens is 260 g/mol. The minimum atomic E-state index is 0.471. The van der Waals surface area contributed by atoms with Crippen LogP contribution >= 0.6 is 0 Å². The molecule has 3 rings (SSSR count). The molecule has 1 aliphatic heterocycles. The van der Waals surface area contributed by atoms with E-state index in [2.05, 4.69) is 32.9 Å². The summed E-state index contributed by atoms with van der Waals surface area (Å²) >= 11 is 0. The third-order valence-corrected chi connectivity index (χ3v) is 5.41. The van der Waals surface area contributed by atoms with Crippen molar-refractivity contribution in [3.8, 4) is 0 Å². The molecule has 4 nitrogen and oxygen atoms in total. The molecule has 21 heavy (non-hydrogen) atoms. The molecule has 0 aromatic carbocycles. The highest BCUT2D eigenvalue weighted by atomic mass is 15.3. The largest absolute Gasteiger partial charge is 0.337 e. The molecule has 1 N–H and O–H groups in total. The van der Waals surface area contributed by atoms with Gasteiger partial charge in [-0.05, 0) is 25.7 Å².